The lowest BCUT2D eigenvalue weighted by molar-refractivity contribution is -0.145. The van der Waals surface area contributed by atoms with E-state index in [-0.39, 0.29) is 11.1 Å². The van der Waals surface area contributed by atoms with Crippen LogP contribution in [0, 0.1) is 5.41 Å². The maximum atomic E-state index is 14.9. The molecule has 0 bridgehead atoms. The number of hydrogen-bond donors (Lipinski definition) is 3. The normalized spacial score (nSPS) is 19.0. The van der Waals surface area contributed by atoms with Gasteiger partial charge in [0, 0.05) is 23.0 Å². The van der Waals surface area contributed by atoms with Gasteiger partial charge in [0.1, 0.15) is 11.5 Å². The van der Waals surface area contributed by atoms with Crippen LogP contribution in [0.3, 0.4) is 0 Å². The van der Waals surface area contributed by atoms with E-state index in [9.17, 15) is 9.59 Å². The number of anilines is 1. The minimum Gasteiger partial charge on any atom is -0.497 e. The Bertz CT molecular complexity index is 2050. The average Bonchev–Trinajstić information content (AvgIpc) is 3.11. The van der Waals surface area contributed by atoms with Crippen molar-refractivity contribution >= 4 is 46.7 Å². The first kappa shape index (κ1) is 30.8. The number of thiocarbonyl (C=S) groups is 1. The molecule has 10 heteroatoms. The predicted octanol–water partition coefficient (Wildman–Crippen LogP) is 5.73. The van der Waals surface area contributed by atoms with E-state index >= 15 is 0 Å². The molecular weight excluding hydrogens is 623 g/mol. The second kappa shape index (κ2) is 12.4. The van der Waals surface area contributed by atoms with E-state index in [0.717, 1.165) is 16.7 Å². The third kappa shape index (κ3) is 5.07. The lowest BCUT2D eigenvalue weighted by Gasteiger charge is -2.50. The van der Waals surface area contributed by atoms with E-state index in [1.54, 1.807) is 14.2 Å². The number of amides is 2. The molecule has 0 saturated carbocycles. The summed E-state index contributed by atoms with van der Waals surface area (Å²) in [6, 6.07) is 34.0. The lowest BCUT2D eigenvalue weighted by atomic mass is 9.52. The van der Waals surface area contributed by atoms with Crippen molar-refractivity contribution in [2.45, 2.75) is 11.8 Å². The van der Waals surface area contributed by atoms with Gasteiger partial charge >= 0.3 is 0 Å². The van der Waals surface area contributed by atoms with Crippen LogP contribution in [0.15, 0.2) is 109 Å². The maximum Gasteiger partial charge on any atom is 0.243 e. The number of hydrogen-bond acceptors (Lipinski definition) is 8. The highest BCUT2D eigenvalue weighted by molar-refractivity contribution is 7.80. The minimum absolute atomic E-state index is 0.0495. The van der Waals surface area contributed by atoms with Crippen molar-refractivity contribution in [2.24, 2.45) is 5.41 Å². The number of nitrogen functional groups attached to an aromatic ring is 1. The zero-order chi connectivity index (χ0) is 33.4. The second-order valence-corrected chi connectivity index (χ2v) is 12.0. The summed E-state index contributed by atoms with van der Waals surface area (Å²) in [6.45, 7) is 0. The van der Waals surface area contributed by atoms with Gasteiger partial charge < -0.3 is 25.8 Å². The molecule has 2 aliphatic rings. The van der Waals surface area contributed by atoms with Crippen molar-refractivity contribution in [1.29, 1.82) is 0 Å². The molecule has 0 radical (unpaired) electrons. The molecular formula is C38H31N5O4S. The molecule has 48 heavy (non-hydrogen) atoms. The van der Waals surface area contributed by atoms with Crippen LogP contribution in [-0.2, 0) is 9.59 Å². The van der Waals surface area contributed by atoms with Gasteiger partial charge in [0.25, 0.3) is 0 Å². The molecule has 1 fully saturated rings. The molecule has 7 rings (SSSR count). The number of carbonyl (C=O) groups is 2. The van der Waals surface area contributed by atoms with Gasteiger partial charge in [-0.3, -0.25) is 9.59 Å². The molecule has 1 aliphatic heterocycles. The van der Waals surface area contributed by atoms with Gasteiger partial charge in [-0.05, 0) is 77.0 Å². The largest absolute Gasteiger partial charge is 0.497 e. The van der Waals surface area contributed by atoms with E-state index < -0.39 is 29.1 Å². The van der Waals surface area contributed by atoms with Gasteiger partial charge in [-0.1, -0.05) is 72.8 Å². The van der Waals surface area contributed by atoms with E-state index in [4.69, 9.17) is 37.4 Å². The number of benzene rings is 4. The van der Waals surface area contributed by atoms with Crippen molar-refractivity contribution in [3.8, 4) is 22.8 Å². The maximum absolute atomic E-state index is 14.9. The van der Waals surface area contributed by atoms with Crippen molar-refractivity contribution < 1.29 is 19.1 Å². The second-order valence-electron chi connectivity index (χ2n) is 11.6. The van der Waals surface area contributed by atoms with Gasteiger partial charge in [0.15, 0.2) is 10.5 Å². The van der Waals surface area contributed by atoms with Gasteiger partial charge in [-0.2, -0.15) is 0 Å². The number of methoxy groups -OCH3 is 2. The SMILES string of the molecule is COc1ccc(/C=C2\c3nc(N)nc(-c4ccc(OC)cc4)c3C(c3ccccc3)C3(C(=O)NC(=S)NC3=O)C2c2ccccc2)cc1. The van der Waals surface area contributed by atoms with E-state index in [2.05, 4.69) is 10.6 Å². The number of ether oxygens (including phenoxy) is 2. The molecule has 4 N–H and O–H groups in total. The molecule has 2 unspecified atom stereocenters. The molecule has 2 amide bonds. The third-order valence-electron chi connectivity index (χ3n) is 9.02. The number of carbonyl (C=O) groups excluding carboxylic acids is 2. The first-order valence-electron chi connectivity index (χ1n) is 15.3. The molecule has 2 heterocycles. The van der Waals surface area contributed by atoms with Crippen LogP contribution < -0.4 is 25.8 Å². The van der Waals surface area contributed by atoms with Crippen LogP contribution in [0.2, 0.25) is 0 Å². The highest BCUT2D eigenvalue weighted by Crippen LogP contribution is 2.62. The predicted molar refractivity (Wildman–Crippen MR) is 188 cm³/mol. The minimum atomic E-state index is -1.78. The number of nitrogens with one attached hydrogen (secondary N) is 2. The molecule has 9 nitrogen and oxygen atoms in total. The Kier molecular flexibility index (Phi) is 7.94. The molecule has 2 atom stereocenters. The fourth-order valence-electron chi connectivity index (χ4n) is 6.99. The summed E-state index contributed by atoms with van der Waals surface area (Å²) in [5.41, 5.74) is 9.96. The standard InChI is InChI=1S/C38H31N5O4S/c1-46-26-17-13-22(14-18-26)21-28-30(23-9-5-3-6-10-23)38(34(44)42-37(48)43-35(38)45)31(24-11-7-4-8-12-24)29-32(40-36(39)41-33(28)29)25-15-19-27(47-2)20-16-25/h3-21,30-31H,1-2H3,(H2,39,40,41)(H2,42,43,44,45,48)/b28-21-. The van der Waals surface area contributed by atoms with Gasteiger partial charge in [0.2, 0.25) is 17.8 Å². The first-order chi connectivity index (χ1) is 23.3. The monoisotopic (exact) mass is 653 g/mol. The highest BCUT2D eigenvalue weighted by atomic mass is 32.1. The first-order valence-corrected chi connectivity index (χ1v) is 15.7. The Hall–Kier alpha value is -5.87. The van der Waals surface area contributed by atoms with Crippen molar-refractivity contribution in [1.82, 2.24) is 20.6 Å². The summed E-state index contributed by atoms with van der Waals surface area (Å²) >= 11 is 5.36. The summed E-state index contributed by atoms with van der Waals surface area (Å²) in [4.78, 5) is 39.4. The zero-order valence-electron chi connectivity index (χ0n) is 26.1. The van der Waals surface area contributed by atoms with Gasteiger partial charge in [-0.25, -0.2) is 9.97 Å². The van der Waals surface area contributed by atoms with Crippen molar-refractivity contribution in [3.63, 3.8) is 0 Å². The van der Waals surface area contributed by atoms with E-state index in [0.29, 0.717) is 39.6 Å². The zero-order valence-corrected chi connectivity index (χ0v) is 27.0. The highest BCUT2D eigenvalue weighted by Gasteiger charge is 2.65. The number of nitrogens with two attached hydrogens (primary N) is 1. The number of fused-ring (bicyclic) bond motifs is 1. The Balaban J connectivity index is 1.66. The van der Waals surface area contributed by atoms with Crippen LogP contribution in [0.25, 0.3) is 22.9 Å². The van der Waals surface area contributed by atoms with Crippen LogP contribution in [-0.4, -0.2) is 41.1 Å². The van der Waals surface area contributed by atoms with Crippen LogP contribution >= 0.6 is 12.2 Å². The summed E-state index contributed by atoms with van der Waals surface area (Å²) < 4.78 is 10.8. The van der Waals surface area contributed by atoms with E-state index in [1.165, 1.54) is 0 Å². The Morgan fingerprint density at radius 1 is 0.708 bits per heavy atom. The fourth-order valence-corrected chi connectivity index (χ4v) is 7.18. The molecule has 1 saturated heterocycles. The third-order valence-corrected chi connectivity index (χ3v) is 9.22. The summed E-state index contributed by atoms with van der Waals surface area (Å²) in [5.74, 6) is -1.35. The molecule has 1 aliphatic carbocycles. The van der Waals surface area contributed by atoms with Crippen LogP contribution in [0.5, 0.6) is 11.5 Å². The van der Waals surface area contributed by atoms with Gasteiger partial charge in [0.05, 0.1) is 25.6 Å². The van der Waals surface area contributed by atoms with Crippen LogP contribution in [0.1, 0.15) is 39.8 Å². The quantitative estimate of drug-likeness (QED) is 0.157. The van der Waals surface area contributed by atoms with Crippen molar-refractivity contribution in [2.75, 3.05) is 20.0 Å². The Labute approximate surface area is 282 Å². The molecule has 4 aromatic carbocycles. The Morgan fingerprint density at radius 3 is 1.75 bits per heavy atom. The van der Waals surface area contributed by atoms with Gasteiger partial charge in [-0.15, -0.1) is 0 Å². The number of aromatic nitrogens is 2. The molecule has 5 aromatic rings. The fraction of sp³-hybridized carbons (Fsp3) is 0.132. The lowest BCUT2D eigenvalue weighted by Crippen LogP contribution is -2.67. The van der Waals surface area contributed by atoms with E-state index in [1.807, 2.05) is 115 Å². The average molecular weight is 654 g/mol. The molecule has 1 spiro atoms. The number of allylic oxidation sites excluding steroid dienone is 1. The Morgan fingerprint density at radius 2 is 1.21 bits per heavy atom. The number of nitrogens with zero attached hydrogens (tertiary/aromatic N) is 2. The summed E-state index contributed by atoms with van der Waals surface area (Å²) in [7, 11) is 3.20. The number of rotatable bonds is 6. The molecule has 238 valence electrons. The van der Waals surface area contributed by atoms with Crippen molar-refractivity contribution in [3.05, 3.63) is 137 Å². The topological polar surface area (TPSA) is 128 Å². The summed E-state index contributed by atoms with van der Waals surface area (Å²) in [6.07, 6.45) is 1.95. The smallest absolute Gasteiger partial charge is 0.243 e. The summed E-state index contributed by atoms with van der Waals surface area (Å²) in [5, 5.41) is 5.59. The van der Waals surface area contributed by atoms with Crippen LogP contribution in [0.4, 0.5) is 5.95 Å². The molecule has 1 aromatic heterocycles.